The Morgan fingerprint density at radius 3 is 3.00 bits per heavy atom. The summed E-state index contributed by atoms with van der Waals surface area (Å²) in [6.07, 6.45) is 1.70. The average molecular weight is 266 g/mol. The predicted molar refractivity (Wildman–Crippen MR) is 67.0 cm³/mol. The van der Waals surface area contributed by atoms with Gasteiger partial charge in [0.2, 0.25) is 17.7 Å². The molecule has 1 unspecified atom stereocenters. The van der Waals surface area contributed by atoms with Gasteiger partial charge in [-0.05, 0) is 24.3 Å². The summed E-state index contributed by atoms with van der Waals surface area (Å²) in [4.78, 5) is 35.2. The smallest absolute Gasteiger partial charge is 0.249 e. The summed E-state index contributed by atoms with van der Waals surface area (Å²) in [6, 6.07) is 3.35. The SMILES string of the molecule is O=C1CCC(NC(=O)CCc2cccs2)C(=O)N1. The van der Waals surface area contributed by atoms with Crippen molar-refractivity contribution in [3.63, 3.8) is 0 Å². The fraction of sp³-hybridized carbons (Fsp3) is 0.417. The second-order valence-electron chi connectivity index (χ2n) is 4.15. The molecule has 1 aliphatic heterocycles. The van der Waals surface area contributed by atoms with Gasteiger partial charge in [0.15, 0.2) is 0 Å². The Morgan fingerprint density at radius 2 is 2.33 bits per heavy atom. The van der Waals surface area contributed by atoms with Gasteiger partial charge in [0.05, 0.1) is 0 Å². The zero-order valence-electron chi connectivity index (χ0n) is 9.77. The van der Waals surface area contributed by atoms with E-state index in [1.54, 1.807) is 11.3 Å². The van der Waals surface area contributed by atoms with Crippen LogP contribution in [0.4, 0.5) is 0 Å². The van der Waals surface area contributed by atoms with Gasteiger partial charge in [-0.3, -0.25) is 19.7 Å². The minimum Gasteiger partial charge on any atom is -0.344 e. The quantitative estimate of drug-likeness (QED) is 0.784. The van der Waals surface area contributed by atoms with E-state index in [0.29, 0.717) is 19.3 Å². The molecule has 0 aliphatic carbocycles. The van der Waals surface area contributed by atoms with Gasteiger partial charge in [-0.2, -0.15) is 0 Å². The maximum atomic E-state index is 11.7. The number of thiophene rings is 1. The molecular weight excluding hydrogens is 252 g/mol. The molecular formula is C12H14N2O3S. The van der Waals surface area contributed by atoms with E-state index in [1.165, 1.54) is 0 Å². The van der Waals surface area contributed by atoms with Gasteiger partial charge in [-0.15, -0.1) is 11.3 Å². The van der Waals surface area contributed by atoms with E-state index in [0.717, 1.165) is 4.88 Å². The molecule has 0 aromatic carbocycles. The van der Waals surface area contributed by atoms with Crippen LogP contribution in [0.2, 0.25) is 0 Å². The largest absolute Gasteiger partial charge is 0.344 e. The molecule has 0 spiro atoms. The van der Waals surface area contributed by atoms with E-state index in [4.69, 9.17) is 0 Å². The lowest BCUT2D eigenvalue weighted by Gasteiger charge is -2.21. The van der Waals surface area contributed by atoms with Crippen molar-refractivity contribution >= 4 is 29.1 Å². The number of carbonyl (C=O) groups is 3. The molecule has 0 radical (unpaired) electrons. The van der Waals surface area contributed by atoms with E-state index in [2.05, 4.69) is 10.6 Å². The molecule has 1 aliphatic rings. The van der Waals surface area contributed by atoms with Crippen LogP contribution in [0.15, 0.2) is 17.5 Å². The lowest BCUT2D eigenvalue weighted by atomic mass is 10.1. The molecule has 0 bridgehead atoms. The number of rotatable bonds is 4. The maximum absolute atomic E-state index is 11.7. The molecule has 2 rings (SSSR count). The zero-order chi connectivity index (χ0) is 13.0. The summed E-state index contributed by atoms with van der Waals surface area (Å²) in [5, 5.41) is 6.83. The van der Waals surface area contributed by atoms with Gasteiger partial charge >= 0.3 is 0 Å². The van der Waals surface area contributed by atoms with E-state index >= 15 is 0 Å². The molecule has 0 saturated carbocycles. The molecule has 1 saturated heterocycles. The van der Waals surface area contributed by atoms with Crippen LogP contribution in [-0.2, 0) is 20.8 Å². The van der Waals surface area contributed by atoms with Crippen LogP contribution in [0.3, 0.4) is 0 Å². The molecule has 5 nitrogen and oxygen atoms in total. The first-order valence-electron chi connectivity index (χ1n) is 5.80. The number of carbonyl (C=O) groups excluding carboxylic acids is 3. The van der Waals surface area contributed by atoms with Crippen LogP contribution in [0, 0.1) is 0 Å². The van der Waals surface area contributed by atoms with E-state index in [1.807, 2.05) is 17.5 Å². The number of nitrogens with one attached hydrogen (secondary N) is 2. The topological polar surface area (TPSA) is 75.3 Å². The van der Waals surface area contributed by atoms with Crippen LogP contribution >= 0.6 is 11.3 Å². The molecule has 1 aromatic rings. The van der Waals surface area contributed by atoms with Crippen LogP contribution in [0.25, 0.3) is 0 Å². The first kappa shape index (κ1) is 12.8. The highest BCUT2D eigenvalue weighted by molar-refractivity contribution is 7.09. The number of amides is 3. The van der Waals surface area contributed by atoms with E-state index in [9.17, 15) is 14.4 Å². The molecule has 2 heterocycles. The van der Waals surface area contributed by atoms with Crippen molar-refractivity contribution in [2.45, 2.75) is 31.7 Å². The monoisotopic (exact) mass is 266 g/mol. The molecule has 6 heteroatoms. The highest BCUT2D eigenvalue weighted by atomic mass is 32.1. The highest BCUT2D eigenvalue weighted by Crippen LogP contribution is 2.11. The lowest BCUT2D eigenvalue weighted by Crippen LogP contribution is -2.52. The summed E-state index contributed by atoms with van der Waals surface area (Å²) in [5.41, 5.74) is 0. The van der Waals surface area contributed by atoms with Gasteiger partial charge in [0.1, 0.15) is 6.04 Å². The summed E-state index contributed by atoms with van der Waals surface area (Å²) in [7, 11) is 0. The number of piperidine rings is 1. The third-order valence-corrected chi connectivity index (χ3v) is 3.69. The standard InChI is InChI=1S/C12H14N2O3S/c15-10(5-3-8-2-1-7-18-8)13-9-4-6-11(16)14-12(9)17/h1-2,7,9H,3-6H2,(H,13,15)(H,14,16,17). The summed E-state index contributed by atoms with van der Waals surface area (Å²) in [5.74, 6) is -0.835. The molecule has 1 fully saturated rings. The van der Waals surface area contributed by atoms with Crippen molar-refractivity contribution in [3.05, 3.63) is 22.4 Å². The van der Waals surface area contributed by atoms with Gasteiger partial charge in [0.25, 0.3) is 0 Å². The van der Waals surface area contributed by atoms with Crippen molar-refractivity contribution < 1.29 is 14.4 Å². The van der Waals surface area contributed by atoms with Gasteiger partial charge in [-0.1, -0.05) is 6.07 Å². The first-order valence-corrected chi connectivity index (χ1v) is 6.68. The Kier molecular flexibility index (Phi) is 4.09. The van der Waals surface area contributed by atoms with Crippen LogP contribution in [0.5, 0.6) is 0 Å². The summed E-state index contributed by atoms with van der Waals surface area (Å²) in [6.45, 7) is 0. The van der Waals surface area contributed by atoms with Crippen molar-refractivity contribution in [1.29, 1.82) is 0 Å². The minimum absolute atomic E-state index is 0.155. The fourth-order valence-electron chi connectivity index (χ4n) is 1.79. The summed E-state index contributed by atoms with van der Waals surface area (Å²) >= 11 is 1.61. The Balaban J connectivity index is 1.77. The fourth-order valence-corrected chi connectivity index (χ4v) is 2.50. The van der Waals surface area contributed by atoms with Crippen LogP contribution < -0.4 is 10.6 Å². The predicted octanol–water partition coefficient (Wildman–Crippen LogP) is 0.602. The number of aryl methyl sites for hydroxylation is 1. The number of hydrogen-bond acceptors (Lipinski definition) is 4. The first-order chi connectivity index (χ1) is 8.65. The molecule has 96 valence electrons. The van der Waals surface area contributed by atoms with E-state index < -0.39 is 11.9 Å². The van der Waals surface area contributed by atoms with Gasteiger partial charge in [-0.25, -0.2) is 0 Å². The second kappa shape index (κ2) is 5.77. The van der Waals surface area contributed by atoms with Crippen LogP contribution in [-0.4, -0.2) is 23.8 Å². The normalized spacial score (nSPS) is 19.4. The number of hydrogen-bond donors (Lipinski definition) is 2. The third-order valence-electron chi connectivity index (χ3n) is 2.75. The van der Waals surface area contributed by atoms with Crippen molar-refractivity contribution in [2.75, 3.05) is 0 Å². The van der Waals surface area contributed by atoms with Crippen molar-refractivity contribution in [1.82, 2.24) is 10.6 Å². The zero-order valence-corrected chi connectivity index (χ0v) is 10.6. The Bertz CT molecular complexity index is 456. The molecule has 1 aromatic heterocycles. The van der Waals surface area contributed by atoms with Gasteiger partial charge < -0.3 is 5.32 Å². The molecule has 18 heavy (non-hydrogen) atoms. The van der Waals surface area contributed by atoms with Crippen LogP contribution in [0.1, 0.15) is 24.1 Å². The Hall–Kier alpha value is -1.69. The lowest BCUT2D eigenvalue weighted by molar-refractivity contribution is -0.137. The number of imide groups is 1. The highest BCUT2D eigenvalue weighted by Gasteiger charge is 2.27. The third kappa shape index (κ3) is 3.40. The minimum atomic E-state index is -0.571. The van der Waals surface area contributed by atoms with Crippen molar-refractivity contribution in [3.8, 4) is 0 Å². The molecule has 2 N–H and O–H groups in total. The van der Waals surface area contributed by atoms with Gasteiger partial charge in [0, 0.05) is 17.7 Å². The van der Waals surface area contributed by atoms with Crippen molar-refractivity contribution in [2.24, 2.45) is 0 Å². The average Bonchev–Trinajstić information content (AvgIpc) is 2.83. The molecule has 1 atom stereocenters. The second-order valence-corrected chi connectivity index (χ2v) is 5.18. The van der Waals surface area contributed by atoms with E-state index in [-0.39, 0.29) is 18.2 Å². The Labute approximate surface area is 109 Å². The molecule has 3 amide bonds. The summed E-state index contributed by atoms with van der Waals surface area (Å²) < 4.78 is 0. The maximum Gasteiger partial charge on any atom is 0.249 e. The Morgan fingerprint density at radius 1 is 1.50 bits per heavy atom.